The van der Waals surface area contributed by atoms with E-state index in [2.05, 4.69) is 21.9 Å². The van der Waals surface area contributed by atoms with Gasteiger partial charge in [-0.1, -0.05) is 30.1 Å². The number of aromatic nitrogens is 2. The minimum atomic E-state index is -0.0817. The van der Waals surface area contributed by atoms with Gasteiger partial charge >= 0.3 is 5.69 Å². The SMILES string of the molecule is CC[C@@H]1Cn2c(c3c([n+](C)c2=O)N=C(c2ccccc2)N=3)=N1. The Balaban J connectivity index is 2.00. The van der Waals surface area contributed by atoms with E-state index in [1.54, 1.807) is 16.2 Å². The molecule has 0 N–H and O–H groups in total. The van der Waals surface area contributed by atoms with E-state index >= 15 is 0 Å². The average Bonchev–Trinajstić information content (AvgIpc) is 3.17. The van der Waals surface area contributed by atoms with Crippen molar-refractivity contribution in [2.24, 2.45) is 22.0 Å². The molecule has 110 valence electrons. The normalized spacial score (nSPS) is 18.3. The van der Waals surface area contributed by atoms with Gasteiger partial charge in [-0.05, 0) is 18.6 Å². The highest BCUT2D eigenvalue weighted by Gasteiger charge is 2.30. The third-order valence-electron chi connectivity index (χ3n) is 4.15. The number of hydrogen-bond acceptors (Lipinski definition) is 4. The van der Waals surface area contributed by atoms with E-state index in [-0.39, 0.29) is 11.7 Å². The molecule has 22 heavy (non-hydrogen) atoms. The van der Waals surface area contributed by atoms with Crippen molar-refractivity contribution in [2.75, 3.05) is 0 Å². The molecular formula is C16H16N5O+. The Bertz CT molecular complexity index is 972. The van der Waals surface area contributed by atoms with Crippen molar-refractivity contribution < 1.29 is 4.57 Å². The molecule has 2 aliphatic rings. The highest BCUT2D eigenvalue weighted by atomic mass is 16.1. The summed E-state index contributed by atoms with van der Waals surface area (Å²) in [5, 5.41) is 0.705. The fourth-order valence-electron chi connectivity index (χ4n) is 2.86. The monoisotopic (exact) mass is 294 g/mol. The topological polar surface area (TPSA) is 63.0 Å². The number of hydrogen-bond donors (Lipinski definition) is 0. The van der Waals surface area contributed by atoms with E-state index in [9.17, 15) is 4.79 Å². The fraction of sp³-hybridized carbons (Fsp3) is 0.312. The highest BCUT2D eigenvalue weighted by Crippen LogP contribution is 2.11. The fourth-order valence-corrected chi connectivity index (χ4v) is 2.86. The van der Waals surface area contributed by atoms with Gasteiger partial charge in [0.15, 0.2) is 0 Å². The molecule has 3 heterocycles. The third kappa shape index (κ3) is 1.76. The lowest BCUT2D eigenvalue weighted by Crippen LogP contribution is -2.59. The summed E-state index contributed by atoms with van der Waals surface area (Å²) in [6, 6.07) is 9.93. The van der Waals surface area contributed by atoms with Gasteiger partial charge in [-0.3, -0.25) is 0 Å². The van der Waals surface area contributed by atoms with Crippen LogP contribution in [0.15, 0.2) is 50.1 Å². The van der Waals surface area contributed by atoms with Crippen LogP contribution >= 0.6 is 0 Å². The molecule has 4 rings (SSSR count). The van der Waals surface area contributed by atoms with Gasteiger partial charge in [-0.25, -0.2) is 19.3 Å². The Morgan fingerprint density at radius 3 is 2.77 bits per heavy atom. The molecule has 0 spiro atoms. The summed E-state index contributed by atoms with van der Waals surface area (Å²) in [6.07, 6.45) is 0.909. The van der Waals surface area contributed by atoms with Crippen LogP contribution in [0.25, 0.3) is 0 Å². The molecule has 0 aliphatic carbocycles. The minimum absolute atomic E-state index is 0.0817. The maximum Gasteiger partial charge on any atom is 0.444 e. The zero-order chi connectivity index (χ0) is 15.3. The average molecular weight is 294 g/mol. The molecule has 1 aromatic carbocycles. The molecule has 2 aromatic rings. The van der Waals surface area contributed by atoms with E-state index in [4.69, 9.17) is 0 Å². The largest absolute Gasteiger partial charge is 0.444 e. The van der Waals surface area contributed by atoms with Gasteiger partial charge < -0.3 is 0 Å². The zero-order valence-corrected chi connectivity index (χ0v) is 12.5. The lowest BCUT2D eigenvalue weighted by Gasteiger charge is -1.99. The van der Waals surface area contributed by atoms with Crippen molar-refractivity contribution in [2.45, 2.75) is 25.9 Å². The molecule has 0 amide bonds. The minimum Gasteiger partial charge on any atom is -0.246 e. The molecule has 0 saturated carbocycles. The standard InChI is InChI=1S/C16H16N5O/c1-3-11-9-21-15(17-11)12-14(20(2)16(21)22)19-13(18-12)10-7-5-4-6-8-10/h4-8,11H,3,9H2,1-2H3/q+1/t11-/m1/s1. The van der Waals surface area contributed by atoms with Crippen LogP contribution in [-0.2, 0) is 13.6 Å². The van der Waals surface area contributed by atoms with E-state index in [0.717, 1.165) is 12.0 Å². The third-order valence-corrected chi connectivity index (χ3v) is 4.15. The van der Waals surface area contributed by atoms with Crippen LogP contribution in [0.1, 0.15) is 18.9 Å². The smallest absolute Gasteiger partial charge is 0.246 e. The van der Waals surface area contributed by atoms with Gasteiger partial charge in [0, 0.05) is 5.56 Å². The van der Waals surface area contributed by atoms with Crippen LogP contribution in [0.3, 0.4) is 0 Å². The summed E-state index contributed by atoms with van der Waals surface area (Å²) < 4.78 is 3.27. The van der Waals surface area contributed by atoms with Crippen molar-refractivity contribution in [1.82, 2.24) is 4.57 Å². The van der Waals surface area contributed by atoms with E-state index in [1.165, 1.54) is 0 Å². The van der Waals surface area contributed by atoms with Gasteiger partial charge in [-0.2, -0.15) is 4.57 Å². The number of fused-ring (bicyclic) bond motifs is 3. The quantitative estimate of drug-likeness (QED) is 0.707. The second kappa shape index (κ2) is 4.69. The van der Waals surface area contributed by atoms with Gasteiger partial charge in [-0.15, -0.1) is 0 Å². The number of nitrogens with zero attached hydrogens (tertiary/aromatic N) is 5. The van der Waals surface area contributed by atoms with Crippen LogP contribution < -0.4 is 21.1 Å². The Morgan fingerprint density at radius 1 is 1.27 bits per heavy atom. The summed E-state index contributed by atoms with van der Waals surface area (Å²) in [6.45, 7) is 2.70. The van der Waals surface area contributed by atoms with Crippen LogP contribution in [-0.4, -0.2) is 16.4 Å². The van der Waals surface area contributed by atoms with Crippen molar-refractivity contribution >= 4 is 11.7 Å². The molecule has 1 atom stereocenters. The Morgan fingerprint density at radius 2 is 2.05 bits per heavy atom. The van der Waals surface area contributed by atoms with Crippen molar-refractivity contribution in [1.29, 1.82) is 0 Å². The van der Waals surface area contributed by atoms with E-state index in [1.807, 2.05) is 30.3 Å². The van der Waals surface area contributed by atoms with Crippen molar-refractivity contribution in [3.05, 3.63) is 57.2 Å². The predicted molar refractivity (Wildman–Crippen MR) is 80.9 cm³/mol. The van der Waals surface area contributed by atoms with Crippen molar-refractivity contribution in [3.8, 4) is 0 Å². The summed E-state index contributed by atoms with van der Waals surface area (Å²) >= 11 is 0. The van der Waals surface area contributed by atoms with Crippen LogP contribution in [0.5, 0.6) is 0 Å². The second-order valence-corrected chi connectivity index (χ2v) is 5.55. The number of aliphatic imine (C=N–C) groups is 1. The molecular weight excluding hydrogens is 278 g/mol. The molecule has 0 unspecified atom stereocenters. The summed E-state index contributed by atoms with van der Waals surface area (Å²) in [7, 11) is 1.74. The first-order valence-corrected chi connectivity index (χ1v) is 7.42. The van der Waals surface area contributed by atoms with Crippen LogP contribution in [0, 0.1) is 0 Å². The van der Waals surface area contributed by atoms with Crippen molar-refractivity contribution in [3.63, 3.8) is 0 Å². The van der Waals surface area contributed by atoms with Gasteiger partial charge in [0.2, 0.25) is 16.7 Å². The lowest BCUT2D eigenvalue weighted by atomic mass is 10.2. The first kappa shape index (κ1) is 13.1. The summed E-state index contributed by atoms with van der Waals surface area (Å²) in [5.74, 6) is 1.23. The molecule has 6 heteroatoms. The second-order valence-electron chi connectivity index (χ2n) is 5.55. The molecule has 1 aromatic heterocycles. The zero-order valence-electron chi connectivity index (χ0n) is 12.5. The van der Waals surface area contributed by atoms with Gasteiger partial charge in [0.1, 0.15) is 0 Å². The number of amidine groups is 1. The Hall–Kier alpha value is -2.63. The molecule has 2 aliphatic heterocycles. The Kier molecular flexibility index (Phi) is 2.79. The molecule has 0 fully saturated rings. The molecule has 0 bridgehead atoms. The highest BCUT2D eigenvalue weighted by molar-refractivity contribution is 6.02. The number of rotatable bonds is 2. The van der Waals surface area contributed by atoms with E-state index < -0.39 is 0 Å². The van der Waals surface area contributed by atoms with E-state index in [0.29, 0.717) is 29.0 Å². The summed E-state index contributed by atoms with van der Waals surface area (Å²) in [4.78, 5) is 26.3. The van der Waals surface area contributed by atoms with Gasteiger partial charge in [0.25, 0.3) is 5.82 Å². The number of benzene rings is 1. The molecule has 0 saturated heterocycles. The Labute approximate surface area is 126 Å². The lowest BCUT2D eigenvalue weighted by molar-refractivity contribution is -0.678. The van der Waals surface area contributed by atoms with Crippen LogP contribution in [0.2, 0.25) is 0 Å². The molecule has 0 radical (unpaired) electrons. The van der Waals surface area contributed by atoms with Crippen LogP contribution in [0.4, 0.5) is 5.82 Å². The first-order valence-electron chi connectivity index (χ1n) is 7.42. The predicted octanol–water partition coefficient (Wildman–Crippen LogP) is -0.204. The van der Waals surface area contributed by atoms with Gasteiger partial charge in [0.05, 0.1) is 19.6 Å². The molecule has 6 nitrogen and oxygen atoms in total. The summed E-state index contributed by atoms with van der Waals surface area (Å²) in [5.41, 5.74) is 1.52. The maximum atomic E-state index is 12.5. The first-order chi connectivity index (χ1) is 10.7. The maximum absolute atomic E-state index is 12.5.